The van der Waals surface area contributed by atoms with Gasteiger partial charge >= 0.3 is 0 Å². The molecule has 2 aliphatic carbocycles. The molecule has 0 radical (unpaired) electrons. The minimum absolute atomic E-state index is 0.254. The van der Waals surface area contributed by atoms with Crippen LogP contribution in [-0.2, 0) is 11.8 Å². The first kappa shape index (κ1) is 11.5. The third kappa shape index (κ3) is 1.69. The van der Waals surface area contributed by atoms with E-state index in [9.17, 15) is 0 Å². The summed E-state index contributed by atoms with van der Waals surface area (Å²) >= 11 is 4.41. The van der Waals surface area contributed by atoms with Crippen LogP contribution >= 0.6 is 12.6 Å². The quantitative estimate of drug-likeness (QED) is 0.585. The second-order valence-corrected chi connectivity index (χ2v) is 6.29. The van der Waals surface area contributed by atoms with Crippen molar-refractivity contribution in [3.05, 3.63) is 35.3 Å². The SMILES string of the molecule is CC1(C)c2ccoc2C[C@H]2C=C(CS)CC[C@H]21. The highest BCUT2D eigenvalue weighted by atomic mass is 32.1. The summed E-state index contributed by atoms with van der Waals surface area (Å²) in [6.45, 7) is 4.75. The molecule has 0 amide bonds. The zero-order valence-electron chi connectivity index (χ0n) is 10.6. The van der Waals surface area contributed by atoms with Gasteiger partial charge in [-0.1, -0.05) is 25.5 Å². The molecule has 0 saturated carbocycles. The van der Waals surface area contributed by atoms with Gasteiger partial charge in [0.2, 0.25) is 0 Å². The summed E-state index contributed by atoms with van der Waals surface area (Å²) in [5.74, 6) is 3.53. The molecule has 2 atom stereocenters. The molecule has 3 rings (SSSR count). The van der Waals surface area contributed by atoms with Crippen LogP contribution in [0.25, 0.3) is 0 Å². The molecule has 0 aromatic carbocycles. The highest BCUT2D eigenvalue weighted by molar-refractivity contribution is 7.80. The Morgan fingerprint density at radius 2 is 2.29 bits per heavy atom. The Hall–Kier alpha value is -0.630. The average Bonchev–Trinajstić information content (AvgIpc) is 2.77. The van der Waals surface area contributed by atoms with Crippen molar-refractivity contribution in [2.45, 2.75) is 38.5 Å². The number of hydrogen-bond acceptors (Lipinski definition) is 2. The van der Waals surface area contributed by atoms with Crippen LogP contribution in [-0.4, -0.2) is 5.75 Å². The van der Waals surface area contributed by atoms with Gasteiger partial charge in [0.25, 0.3) is 0 Å². The Balaban J connectivity index is 2.02. The van der Waals surface area contributed by atoms with Gasteiger partial charge in [0.05, 0.1) is 6.26 Å². The molecule has 0 bridgehead atoms. The van der Waals surface area contributed by atoms with E-state index in [2.05, 4.69) is 38.6 Å². The molecule has 0 spiro atoms. The zero-order chi connectivity index (χ0) is 12.0. The van der Waals surface area contributed by atoms with Crippen molar-refractivity contribution in [3.63, 3.8) is 0 Å². The average molecular weight is 248 g/mol. The predicted molar refractivity (Wildman–Crippen MR) is 73.6 cm³/mol. The van der Waals surface area contributed by atoms with E-state index in [0.717, 1.165) is 18.1 Å². The summed E-state index contributed by atoms with van der Waals surface area (Å²) < 4.78 is 5.66. The lowest BCUT2D eigenvalue weighted by molar-refractivity contribution is 0.188. The van der Waals surface area contributed by atoms with E-state index >= 15 is 0 Å². The molecule has 0 fully saturated rings. The molecule has 1 heterocycles. The van der Waals surface area contributed by atoms with Crippen LogP contribution in [0.2, 0.25) is 0 Å². The monoisotopic (exact) mass is 248 g/mol. The van der Waals surface area contributed by atoms with Crippen LogP contribution in [0.15, 0.2) is 28.4 Å². The molecule has 2 aliphatic rings. The largest absolute Gasteiger partial charge is 0.469 e. The fourth-order valence-corrected chi connectivity index (χ4v) is 4.04. The molecule has 1 nitrogen and oxygen atoms in total. The molecule has 0 unspecified atom stereocenters. The van der Waals surface area contributed by atoms with Gasteiger partial charge < -0.3 is 4.42 Å². The van der Waals surface area contributed by atoms with Gasteiger partial charge in [-0.25, -0.2) is 0 Å². The van der Waals surface area contributed by atoms with E-state index in [1.807, 2.05) is 6.26 Å². The van der Waals surface area contributed by atoms with Crippen LogP contribution in [0, 0.1) is 11.8 Å². The van der Waals surface area contributed by atoms with Crippen molar-refractivity contribution in [1.82, 2.24) is 0 Å². The van der Waals surface area contributed by atoms with Crippen molar-refractivity contribution in [2.24, 2.45) is 11.8 Å². The number of furan rings is 1. The third-order valence-corrected chi connectivity index (χ3v) is 5.14. The summed E-state index contributed by atoms with van der Waals surface area (Å²) in [6, 6.07) is 2.17. The standard InChI is InChI=1S/C15H20OS/c1-15(2)12-4-3-10(9-17)7-11(12)8-14-13(15)5-6-16-14/h5-7,11-12,17H,3-4,8-9H2,1-2H3/t11-,12-/m1/s1. The van der Waals surface area contributed by atoms with Crippen molar-refractivity contribution >= 4 is 12.6 Å². The molecule has 2 heteroatoms. The highest BCUT2D eigenvalue weighted by Crippen LogP contribution is 2.49. The van der Waals surface area contributed by atoms with Crippen LogP contribution in [0.1, 0.15) is 38.0 Å². The second kappa shape index (κ2) is 3.94. The van der Waals surface area contributed by atoms with Crippen LogP contribution < -0.4 is 0 Å². The van der Waals surface area contributed by atoms with Gasteiger partial charge in [-0.3, -0.25) is 0 Å². The predicted octanol–water partition coefficient (Wildman–Crippen LogP) is 4.00. The maximum absolute atomic E-state index is 5.66. The Bertz CT molecular complexity index is 455. The normalized spacial score (nSPS) is 30.4. The molecule has 0 saturated heterocycles. The molecule has 0 N–H and O–H groups in total. The van der Waals surface area contributed by atoms with Gasteiger partial charge in [-0.15, -0.1) is 0 Å². The molecular weight excluding hydrogens is 228 g/mol. The Kier molecular flexibility index (Phi) is 2.66. The number of allylic oxidation sites excluding steroid dienone is 1. The number of fused-ring (bicyclic) bond motifs is 2. The van der Waals surface area contributed by atoms with E-state index in [1.165, 1.54) is 29.7 Å². The first-order valence-corrected chi connectivity index (χ1v) is 7.13. The van der Waals surface area contributed by atoms with Gasteiger partial charge in [0.15, 0.2) is 0 Å². The Labute approximate surface area is 109 Å². The maximum atomic E-state index is 5.66. The first-order valence-electron chi connectivity index (χ1n) is 6.50. The summed E-state index contributed by atoms with van der Waals surface area (Å²) in [5, 5.41) is 0. The van der Waals surface area contributed by atoms with E-state index in [4.69, 9.17) is 4.42 Å². The minimum atomic E-state index is 0.254. The third-order valence-electron chi connectivity index (χ3n) is 4.73. The summed E-state index contributed by atoms with van der Waals surface area (Å²) in [4.78, 5) is 0. The lowest BCUT2D eigenvalue weighted by Crippen LogP contribution is -2.40. The van der Waals surface area contributed by atoms with E-state index in [1.54, 1.807) is 0 Å². The minimum Gasteiger partial charge on any atom is -0.469 e. The number of hydrogen-bond donors (Lipinski definition) is 1. The zero-order valence-corrected chi connectivity index (χ0v) is 11.5. The van der Waals surface area contributed by atoms with Crippen LogP contribution in [0.4, 0.5) is 0 Å². The molecule has 0 aliphatic heterocycles. The summed E-state index contributed by atoms with van der Waals surface area (Å²) in [6.07, 6.45) is 7.92. The fraction of sp³-hybridized carbons (Fsp3) is 0.600. The molecule has 1 aromatic rings. The van der Waals surface area contributed by atoms with Crippen LogP contribution in [0.5, 0.6) is 0 Å². The van der Waals surface area contributed by atoms with Crippen molar-refractivity contribution < 1.29 is 4.42 Å². The first-order chi connectivity index (χ1) is 8.13. The molecule has 92 valence electrons. The molecule has 17 heavy (non-hydrogen) atoms. The van der Waals surface area contributed by atoms with Gasteiger partial charge in [0, 0.05) is 12.2 Å². The summed E-state index contributed by atoms with van der Waals surface area (Å²) in [7, 11) is 0. The van der Waals surface area contributed by atoms with E-state index < -0.39 is 0 Å². The molecule has 1 aromatic heterocycles. The van der Waals surface area contributed by atoms with Gasteiger partial charge in [-0.2, -0.15) is 12.6 Å². The van der Waals surface area contributed by atoms with Gasteiger partial charge in [-0.05, 0) is 41.7 Å². The van der Waals surface area contributed by atoms with Gasteiger partial charge in [0.1, 0.15) is 5.76 Å². The maximum Gasteiger partial charge on any atom is 0.108 e. The van der Waals surface area contributed by atoms with Crippen molar-refractivity contribution in [3.8, 4) is 0 Å². The topological polar surface area (TPSA) is 13.1 Å². The van der Waals surface area contributed by atoms with Crippen molar-refractivity contribution in [2.75, 3.05) is 5.75 Å². The lowest BCUT2D eigenvalue weighted by atomic mass is 9.59. The highest BCUT2D eigenvalue weighted by Gasteiger charge is 2.44. The van der Waals surface area contributed by atoms with E-state index in [0.29, 0.717) is 5.92 Å². The second-order valence-electron chi connectivity index (χ2n) is 5.98. The Morgan fingerprint density at radius 1 is 1.47 bits per heavy atom. The lowest BCUT2D eigenvalue weighted by Gasteiger charge is -2.45. The van der Waals surface area contributed by atoms with Crippen molar-refractivity contribution in [1.29, 1.82) is 0 Å². The Morgan fingerprint density at radius 3 is 3.06 bits per heavy atom. The number of rotatable bonds is 1. The number of thiol groups is 1. The van der Waals surface area contributed by atoms with Crippen LogP contribution in [0.3, 0.4) is 0 Å². The van der Waals surface area contributed by atoms with E-state index in [-0.39, 0.29) is 5.41 Å². The molecular formula is C15H20OS. The fourth-order valence-electron chi connectivity index (χ4n) is 3.77. The summed E-state index contributed by atoms with van der Waals surface area (Å²) in [5.41, 5.74) is 3.20. The smallest absolute Gasteiger partial charge is 0.108 e.